The van der Waals surface area contributed by atoms with E-state index in [1.54, 1.807) is 42.5 Å². The number of nitrogens with one attached hydrogen (secondary N) is 1. The van der Waals surface area contributed by atoms with Gasteiger partial charge in [-0.3, -0.25) is 4.79 Å². The molecule has 2 rings (SSSR count). The summed E-state index contributed by atoms with van der Waals surface area (Å²) in [4.78, 5) is 12.0. The standard InChI is InChI=1S/C18H18ClNO4/c1-22-15-10-12(11-16(23-2)18(15)24-3)4-9-17(21)20-14-7-5-13(19)6-8-14/h4-11H,1-3H3,(H,20,21)/b9-4+. The number of ether oxygens (including phenoxy) is 3. The second kappa shape index (κ2) is 8.26. The highest BCUT2D eigenvalue weighted by Crippen LogP contribution is 2.38. The SMILES string of the molecule is COc1cc(/C=C/C(=O)Nc2ccc(Cl)cc2)cc(OC)c1OC. The average Bonchev–Trinajstić information content (AvgIpc) is 2.60. The minimum absolute atomic E-state index is 0.258. The van der Waals surface area contributed by atoms with Gasteiger partial charge in [0.1, 0.15) is 0 Å². The fourth-order valence-corrected chi connectivity index (χ4v) is 2.21. The molecule has 24 heavy (non-hydrogen) atoms. The molecule has 126 valence electrons. The van der Waals surface area contributed by atoms with Gasteiger partial charge >= 0.3 is 0 Å². The molecule has 0 fully saturated rings. The molecule has 1 N–H and O–H groups in total. The van der Waals surface area contributed by atoms with Gasteiger partial charge in [-0.25, -0.2) is 0 Å². The van der Waals surface area contributed by atoms with Crippen LogP contribution in [0.5, 0.6) is 17.2 Å². The van der Waals surface area contributed by atoms with Crippen LogP contribution >= 0.6 is 11.6 Å². The predicted octanol–water partition coefficient (Wildman–Crippen LogP) is 4.02. The van der Waals surface area contributed by atoms with E-state index in [4.69, 9.17) is 25.8 Å². The molecule has 0 saturated carbocycles. The number of anilines is 1. The Bertz CT molecular complexity index is 716. The monoisotopic (exact) mass is 347 g/mol. The number of carbonyl (C=O) groups excluding carboxylic acids is 1. The Kier molecular flexibility index (Phi) is 6.09. The number of methoxy groups -OCH3 is 3. The number of rotatable bonds is 6. The zero-order valence-electron chi connectivity index (χ0n) is 13.6. The molecule has 0 atom stereocenters. The van der Waals surface area contributed by atoms with Crippen LogP contribution in [0.1, 0.15) is 5.56 Å². The van der Waals surface area contributed by atoms with E-state index >= 15 is 0 Å². The van der Waals surface area contributed by atoms with Gasteiger partial charge in [-0.05, 0) is 48.0 Å². The molecule has 0 unspecified atom stereocenters. The predicted molar refractivity (Wildman–Crippen MR) is 95.2 cm³/mol. The molecule has 1 amide bonds. The van der Waals surface area contributed by atoms with Gasteiger partial charge in [-0.1, -0.05) is 11.6 Å². The highest BCUT2D eigenvalue weighted by Gasteiger charge is 2.12. The zero-order chi connectivity index (χ0) is 17.5. The lowest BCUT2D eigenvalue weighted by Crippen LogP contribution is -2.07. The molecule has 0 aromatic heterocycles. The summed E-state index contributed by atoms with van der Waals surface area (Å²) in [7, 11) is 4.62. The number of halogens is 1. The molecule has 0 aliphatic rings. The topological polar surface area (TPSA) is 56.8 Å². The van der Waals surface area contributed by atoms with Crippen LogP contribution in [0.3, 0.4) is 0 Å². The normalized spacial score (nSPS) is 10.5. The van der Waals surface area contributed by atoms with Crippen molar-refractivity contribution in [1.29, 1.82) is 0 Å². The molecule has 5 nitrogen and oxygen atoms in total. The minimum Gasteiger partial charge on any atom is -0.493 e. The van der Waals surface area contributed by atoms with E-state index in [0.29, 0.717) is 28.0 Å². The lowest BCUT2D eigenvalue weighted by Gasteiger charge is -2.12. The second-order valence-electron chi connectivity index (χ2n) is 4.79. The largest absolute Gasteiger partial charge is 0.493 e. The Morgan fingerprint density at radius 1 is 1.00 bits per heavy atom. The summed E-state index contributed by atoms with van der Waals surface area (Å²) < 4.78 is 15.8. The number of hydrogen-bond donors (Lipinski definition) is 1. The summed E-state index contributed by atoms with van der Waals surface area (Å²) >= 11 is 5.81. The van der Waals surface area contributed by atoms with Gasteiger partial charge < -0.3 is 19.5 Å². The Labute approximate surface area is 145 Å². The third kappa shape index (κ3) is 4.43. The van der Waals surface area contributed by atoms with Crippen LogP contribution in [-0.2, 0) is 4.79 Å². The zero-order valence-corrected chi connectivity index (χ0v) is 14.4. The van der Waals surface area contributed by atoms with E-state index in [0.717, 1.165) is 5.56 Å². The van der Waals surface area contributed by atoms with Crippen molar-refractivity contribution in [1.82, 2.24) is 0 Å². The van der Waals surface area contributed by atoms with Crippen molar-refractivity contribution in [2.75, 3.05) is 26.6 Å². The summed E-state index contributed by atoms with van der Waals surface area (Å²) in [5.41, 5.74) is 1.41. The van der Waals surface area contributed by atoms with E-state index in [2.05, 4.69) is 5.32 Å². The number of hydrogen-bond acceptors (Lipinski definition) is 4. The Balaban J connectivity index is 2.15. The molecule has 2 aromatic carbocycles. The third-order valence-electron chi connectivity index (χ3n) is 3.23. The van der Waals surface area contributed by atoms with Crippen molar-refractivity contribution >= 4 is 29.3 Å². The van der Waals surface area contributed by atoms with Gasteiger partial charge in [0.2, 0.25) is 11.7 Å². The number of benzene rings is 2. The summed E-state index contributed by atoms with van der Waals surface area (Å²) in [6.45, 7) is 0. The number of carbonyl (C=O) groups is 1. The number of amides is 1. The first-order chi connectivity index (χ1) is 11.6. The maximum atomic E-state index is 12.0. The van der Waals surface area contributed by atoms with Crippen LogP contribution in [0.25, 0.3) is 6.08 Å². The Morgan fingerprint density at radius 2 is 1.58 bits per heavy atom. The Hall–Kier alpha value is -2.66. The van der Waals surface area contributed by atoms with Gasteiger partial charge in [-0.2, -0.15) is 0 Å². The highest BCUT2D eigenvalue weighted by molar-refractivity contribution is 6.30. The molecule has 2 aromatic rings. The summed E-state index contributed by atoms with van der Waals surface area (Å²) in [6, 6.07) is 10.4. The van der Waals surface area contributed by atoms with Crippen LogP contribution in [0.4, 0.5) is 5.69 Å². The van der Waals surface area contributed by atoms with Crippen molar-refractivity contribution in [3.05, 3.63) is 53.1 Å². The minimum atomic E-state index is -0.258. The molecule has 6 heteroatoms. The first-order valence-electron chi connectivity index (χ1n) is 7.12. The van der Waals surface area contributed by atoms with Gasteiger partial charge in [0.15, 0.2) is 11.5 Å². The molecule has 0 aliphatic carbocycles. The lowest BCUT2D eigenvalue weighted by atomic mass is 10.1. The maximum Gasteiger partial charge on any atom is 0.248 e. The van der Waals surface area contributed by atoms with Crippen molar-refractivity contribution in [3.63, 3.8) is 0 Å². The van der Waals surface area contributed by atoms with E-state index in [9.17, 15) is 4.79 Å². The first-order valence-corrected chi connectivity index (χ1v) is 7.49. The summed E-state index contributed by atoms with van der Waals surface area (Å²) in [5.74, 6) is 1.29. The van der Waals surface area contributed by atoms with E-state index in [1.165, 1.54) is 27.4 Å². The summed E-state index contributed by atoms with van der Waals surface area (Å²) in [5, 5.41) is 3.36. The third-order valence-corrected chi connectivity index (χ3v) is 3.48. The molecule has 0 saturated heterocycles. The van der Waals surface area contributed by atoms with E-state index in [1.807, 2.05) is 0 Å². The van der Waals surface area contributed by atoms with Gasteiger partial charge in [0.05, 0.1) is 21.3 Å². The molecular weight excluding hydrogens is 330 g/mol. The molecule has 0 spiro atoms. The average molecular weight is 348 g/mol. The van der Waals surface area contributed by atoms with Crippen molar-refractivity contribution < 1.29 is 19.0 Å². The van der Waals surface area contributed by atoms with Crippen molar-refractivity contribution in [2.24, 2.45) is 0 Å². The van der Waals surface area contributed by atoms with Gasteiger partial charge in [0, 0.05) is 16.8 Å². The highest BCUT2D eigenvalue weighted by atomic mass is 35.5. The fraction of sp³-hybridized carbons (Fsp3) is 0.167. The fourth-order valence-electron chi connectivity index (χ4n) is 2.09. The van der Waals surface area contributed by atoms with Crippen LogP contribution in [0.2, 0.25) is 5.02 Å². The van der Waals surface area contributed by atoms with Crippen molar-refractivity contribution in [2.45, 2.75) is 0 Å². The van der Waals surface area contributed by atoms with E-state index < -0.39 is 0 Å². The van der Waals surface area contributed by atoms with Gasteiger partial charge in [0.25, 0.3) is 0 Å². The summed E-state index contributed by atoms with van der Waals surface area (Å²) in [6.07, 6.45) is 3.09. The first kappa shape index (κ1) is 17.7. The smallest absolute Gasteiger partial charge is 0.248 e. The van der Waals surface area contributed by atoms with Crippen LogP contribution in [-0.4, -0.2) is 27.2 Å². The lowest BCUT2D eigenvalue weighted by molar-refractivity contribution is -0.111. The Morgan fingerprint density at radius 3 is 2.08 bits per heavy atom. The van der Waals surface area contributed by atoms with Crippen LogP contribution in [0, 0.1) is 0 Å². The van der Waals surface area contributed by atoms with Crippen LogP contribution < -0.4 is 19.5 Å². The molecule has 0 radical (unpaired) electrons. The second-order valence-corrected chi connectivity index (χ2v) is 5.22. The molecule has 0 aliphatic heterocycles. The maximum absolute atomic E-state index is 12.0. The van der Waals surface area contributed by atoms with E-state index in [-0.39, 0.29) is 5.91 Å². The molecular formula is C18H18ClNO4. The van der Waals surface area contributed by atoms with Crippen LogP contribution in [0.15, 0.2) is 42.5 Å². The van der Waals surface area contributed by atoms with Crippen molar-refractivity contribution in [3.8, 4) is 17.2 Å². The molecule has 0 bridgehead atoms. The quantitative estimate of drug-likeness (QED) is 0.802. The van der Waals surface area contributed by atoms with Gasteiger partial charge in [-0.15, -0.1) is 0 Å². The molecule has 0 heterocycles.